The smallest absolute Gasteiger partial charge is 0.120 e. The minimum absolute atomic E-state index is 0.461. The van der Waals surface area contributed by atoms with Crippen molar-refractivity contribution in [1.82, 2.24) is 9.97 Å². The van der Waals surface area contributed by atoms with Crippen molar-refractivity contribution >= 4 is 0 Å². The van der Waals surface area contributed by atoms with Gasteiger partial charge in [0.1, 0.15) is 24.7 Å². The maximum atomic E-state index is 5.86. The largest absolute Gasteiger partial charge is 0.491 e. The second-order valence-electron chi connectivity index (χ2n) is 9.57. The van der Waals surface area contributed by atoms with Crippen molar-refractivity contribution in [1.29, 1.82) is 0 Å². The van der Waals surface area contributed by atoms with Crippen LogP contribution in [0.2, 0.25) is 0 Å². The van der Waals surface area contributed by atoms with Gasteiger partial charge in [0.2, 0.25) is 0 Å². The normalized spacial score (nSPS) is 10.8. The summed E-state index contributed by atoms with van der Waals surface area (Å²) in [5, 5.41) is 0. The summed E-state index contributed by atoms with van der Waals surface area (Å²) in [5.41, 5.74) is 5.64. The minimum Gasteiger partial charge on any atom is -0.491 e. The predicted molar refractivity (Wildman–Crippen MR) is 173 cm³/mol. The third-order valence-electron chi connectivity index (χ3n) is 6.33. The zero-order chi connectivity index (χ0) is 30.7. The predicted octanol–water partition coefficient (Wildman–Crippen LogP) is 6.67. The number of rotatable bonds is 21. The molecule has 0 aliphatic rings. The van der Waals surface area contributed by atoms with E-state index in [2.05, 4.69) is 23.1 Å². The van der Waals surface area contributed by atoms with E-state index in [1.54, 1.807) is 12.2 Å². The summed E-state index contributed by atoms with van der Waals surface area (Å²) in [5.74, 6) is 1.56. The van der Waals surface area contributed by atoms with Gasteiger partial charge in [-0.1, -0.05) is 48.6 Å². The standard InChI is InChI=1S/C36H40N2O6/c1-3-15-39-17-19-41-21-23-43-33-9-5-7-29(25-33)31-11-13-35(37-27-31)36-14-12-32(28-38-36)30-8-6-10-34(26-30)44-24-22-42-20-18-40-16-4-2/h3-14,25-28H,1-2,15-24H2. The van der Waals surface area contributed by atoms with Gasteiger partial charge in [-0.05, 0) is 47.5 Å². The summed E-state index contributed by atoms with van der Waals surface area (Å²) >= 11 is 0. The first-order valence-corrected chi connectivity index (χ1v) is 14.7. The zero-order valence-electron chi connectivity index (χ0n) is 25.1. The van der Waals surface area contributed by atoms with E-state index in [1.807, 2.05) is 85.2 Å². The number of hydrogen-bond donors (Lipinski definition) is 0. The quantitative estimate of drug-likeness (QED) is 0.0779. The topological polar surface area (TPSA) is 81.2 Å². The molecule has 230 valence electrons. The molecule has 0 bridgehead atoms. The van der Waals surface area contributed by atoms with Crippen LogP contribution in [0.1, 0.15) is 0 Å². The molecular weight excluding hydrogens is 556 g/mol. The van der Waals surface area contributed by atoms with Crippen molar-refractivity contribution in [2.75, 3.05) is 66.1 Å². The van der Waals surface area contributed by atoms with Crippen LogP contribution < -0.4 is 9.47 Å². The van der Waals surface area contributed by atoms with Crippen LogP contribution in [-0.2, 0) is 18.9 Å². The third-order valence-corrected chi connectivity index (χ3v) is 6.33. The van der Waals surface area contributed by atoms with Crippen molar-refractivity contribution in [3.8, 4) is 45.1 Å². The van der Waals surface area contributed by atoms with Gasteiger partial charge in [0.15, 0.2) is 0 Å². The Morgan fingerprint density at radius 1 is 0.477 bits per heavy atom. The molecule has 0 unspecified atom stereocenters. The number of benzene rings is 2. The molecule has 8 nitrogen and oxygen atoms in total. The van der Waals surface area contributed by atoms with Gasteiger partial charge in [-0.25, -0.2) is 0 Å². The zero-order valence-corrected chi connectivity index (χ0v) is 25.1. The summed E-state index contributed by atoms with van der Waals surface area (Å²) in [6.07, 6.45) is 7.15. The van der Waals surface area contributed by atoms with Gasteiger partial charge >= 0.3 is 0 Å². The SMILES string of the molecule is C=CCOCCOCCOc1cccc(-c2ccc(-c3ccc(-c4cccc(OCCOCCOCC=C)c4)cn3)nc2)c1. The lowest BCUT2D eigenvalue weighted by molar-refractivity contribution is 0.0449. The molecule has 0 N–H and O–H groups in total. The third kappa shape index (κ3) is 11.1. The fourth-order valence-corrected chi connectivity index (χ4v) is 4.17. The number of aromatic nitrogens is 2. The lowest BCUT2D eigenvalue weighted by Gasteiger charge is -2.10. The Morgan fingerprint density at radius 2 is 0.909 bits per heavy atom. The Labute approximate surface area is 259 Å². The molecule has 0 spiro atoms. The molecule has 0 saturated heterocycles. The van der Waals surface area contributed by atoms with Gasteiger partial charge in [-0.15, -0.1) is 13.2 Å². The summed E-state index contributed by atoms with van der Waals surface area (Å²) in [7, 11) is 0. The first-order valence-electron chi connectivity index (χ1n) is 14.7. The van der Waals surface area contributed by atoms with Crippen LogP contribution in [0.3, 0.4) is 0 Å². The summed E-state index contributed by atoms with van der Waals surface area (Å²) < 4.78 is 33.4. The molecule has 2 aromatic heterocycles. The van der Waals surface area contributed by atoms with Crippen LogP contribution in [0.15, 0.2) is 111 Å². The first kappa shape index (κ1) is 32.6. The van der Waals surface area contributed by atoms with Crippen LogP contribution in [-0.4, -0.2) is 76.0 Å². The second-order valence-corrected chi connectivity index (χ2v) is 9.57. The van der Waals surface area contributed by atoms with Crippen LogP contribution >= 0.6 is 0 Å². The molecule has 8 heteroatoms. The first-order chi connectivity index (χ1) is 21.8. The Kier molecular flexibility index (Phi) is 14.1. The Bertz CT molecular complexity index is 1300. The fourth-order valence-electron chi connectivity index (χ4n) is 4.17. The molecule has 44 heavy (non-hydrogen) atoms. The fraction of sp³-hybridized carbons (Fsp3) is 0.278. The summed E-state index contributed by atoms with van der Waals surface area (Å²) in [6.45, 7) is 12.3. The minimum atomic E-state index is 0.461. The molecule has 0 aliphatic heterocycles. The van der Waals surface area contributed by atoms with Crippen molar-refractivity contribution in [2.24, 2.45) is 0 Å². The van der Waals surface area contributed by atoms with Crippen molar-refractivity contribution in [3.63, 3.8) is 0 Å². The molecule has 0 radical (unpaired) electrons. The van der Waals surface area contributed by atoms with Crippen LogP contribution in [0.25, 0.3) is 33.6 Å². The van der Waals surface area contributed by atoms with E-state index in [9.17, 15) is 0 Å². The maximum absolute atomic E-state index is 5.86. The van der Waals surface area contributed by atoms with Crippen LogP contribution in [0.4, 0.5) is 0 Å². The highest BCUT2D eigenvalue weighted by molar-refractivity contribution is 5.69. The highest BCUT2D eigenvalue weighted by atomic mass is 16.5. The van der Waals surface area contributed by atoms with Gasteiger partial charge in [0.05, 0.1) is 64.2 Å². The van der Waals surface area contributed by atoms with Crippen molar-refractivity contribution in [2.45, 2.75) is 0 Å². The Morgan fingerprint density at radius 3 is 1.32 bits per heavy atom. The molecule has 4 aromatic rings. The van der Waals surface area contributed by atoms with E-state index in [0.717, 1.165) is 45.1 Å². The molecule has 2 heterocycles. The molecule has 0 saturated carbocycles. The Balaban J connectivity index is 1.26. The molecule has 0 amide bonds. The Hall–Kier alpha value is -4.34. The van der Waals surface area contributed by atoms with Gasteiger partial charge in [-0.3, -0.25) is 9.97 Å². The average molecular weight is 597 g/mol. The highest BCUT2D eigenvalue weighted by Gasteiger charge is 2.07. The number of pyridine rings is 2. The van der Waals surface area contributed by atoms with E-state index in [-0.39, 0.29) is 0 Å². The molecular formula is C36H40N2O6. The van der Waals surface area contributed by atoms with Gasteiger partial charge in [0.25, 0.3) is 0 Å². The molecule has 0 fully saturated rings. The van der Waals surface area contributed by atoms with Crippen LogP contribution in [0, 0.1) is 0 Å². The van der Waals surface area contributed by atoms with E-state index in [1.165, 1.54) is 0 Å². The van der Waals surface area contributed by atoms with E-state index < -0.39 is 0 Å². The molecule has 2 aromatic carbocycles. The van der Waals surface area contributed by atoms with E-state index in [0.29, 0.717) is 66.1 Å². The molecule has 4 rings (SSSR count). The van der Waals surface area contributed by atoms with Gasteiger partial charge < -0.3 is 28.4 Å². The van der Waals surface area contributed by atoms with Gasteiger partial charge in [-0.2, -0.15) is 0 Å². The number of hydrogen-bond acceptors (Lipinski definition) is 8. The molecule has 0 aliphatic carbocycles. The number of ether oxygens (including phenoxy) is 6. The molecule has 0 atom stereocenters. The second kappa shape index (κ2) is 19.0. The van der Waals surface area contributed by atoms with Gasteiger partial charge in [0, 0.05) is 23.5 Å². The summed E-state index contributed by atoms with van der Waals surface area (Å²) in [6, 6.07) is 23.9. The van der Waals surface area contributed by atoms with Crippen molar-refractivity contribution < 1.29 is 28.4 Å². The maximum Gasteiger partial charge on any atom is 0.120 e. The van der Waals surface area contributed by atoms with Crippen LogP contribution in [0.5, 0.6) is 11.5 Å². The van der Waals surface area contributed by atoms with E-state index in [4.69, 9.17) is 28.4 Å². The summed E-state index contributed by atoms with van der Waals surface area (Å²) in [4.78, 5) is 9.35. The monoisotopic (exact) mass is 596 g/mol. The average Bonchev–Trinajstić information content (AvgIpc) is 3.07. The van der Waals surface area contributed by atoms with E-state index >= 15 is 0 Å². The lowest BCUT2D eigenvalue weighted by Crippen LogP contribution is -2.10. The number of nitrogens with zero attached hydrogens (tertiary/aromatic N) is 2. The highest BCUT2D eigenvalue weighted by Crippen LogP contribution is 2.27. The van der Waals surface area contributed by atoms with Crippen molar-refractivity contribution in [3.05, 3.63) is 111 Å². The lowest BCUT2D eigenvalue weighted by atomic mass is 10.1.